The van der Waals surface area contributed by atoms with E-state index in [0.717, 1.165) is 28.3 Å². The van der Waals surface area contributed by atoms with Gasteiger partial charge in [-0.1, -0.05) is 29.8 Å². The normalized spacial score (nSPS) is 16.2. The summed E-state index contributed by atoms with van der Waals surface area (Å²) in [6, 6.07) is 19.8. The highest BCUT2D eigenvalue weighted by molar-refractivity contribution is 6.31. The lowest BCUT2D eigenvalue weighted by atomic mass is 10.1. The first-order valence-corrected chi connectivity index (χ1v) is 10.8. The highest BCUT2D eigenvalue weighted by atomic mass is 35.5. The fourth-order valence-corrected chi connectivity index (χ4v) is 4.53. The van der Waals surface area contributed by atoms with Crippen LogP contribution >= 0.6 is 11.6 Å². The van der Waals surface area contributed by atoms with Crippen molar-refractivity contribution in [1.29, 1.82) is 0 Å². The van der Waals surface area contributed by atoms with Gasteiger partial charge in [0.15, 0.2) is 0 Å². The summed E-state index contributed by atoms with van der Waals surface area (Å²) >= 11 is 6.31. The Labute approximate surface area is 190 Å². The van der Waals surface area contributed by atoms with Crippen LogP contribution in [0.25, 0.3) is 11.0 Å². The van der Waals surface area contributed by atoms with Gasteiger partial charge in [0.25, 0.3) is 0 Å². The van der Waals surface area contributed by atoms with E-state index in [4.69, 9.17) is 21.3 Å². The molecule has 5 rings (SSSR count). The lowest BCUT2D eigenvalue weighted by Gasteiger charge is -2.18. The molecule has 0 N–H and O–H groups in total. The van der Waals surface area contributed by atoms with Crippen LogP contribution in [0.2, 0.25) is 5.02 Å². The van der Waals surface area contributed by atoms with E-state index in [-0.39, 0.29) is 24.2 Å². The van der Waals surface area contributed by atoms with Crippen LogP contribution in [0.3, 0.4) is 0 Å². The van der Waals surface area contributed by atoms with Crippen molar-refractivity contribution in [3.8, 4) is 5.75 Å². The van der Waals surface area contributed by atoms with Gasteiger partial charge in [0, 0.05) is 35.2 Å². The van der Waals surface area contributed by atoms with Crippen LogP contribution in [0.5, 0.6) is 5.75 Å². The Hall–Kier alpha value is -3.38. The summed E-state index contributed by atoms with van der Waals surface area (Å²) in [6.07, 6.45) is 0.334. The van der Waals surface area contributed by atoms with Crippen molar-refractivity contribution in [2.75, 3.05) is 18.6 Å². The van der Waals surface area contributed by atoms with Gasteiger partial charge in [-0.2, -0.15) is 0 Å². The molecule has 0 spiro atoms. The van der Waals surface area contributed by atoms with Crippen LogP contribution in [0, 0.1) is 5.82 Å². The first-order valence-electron chi connectivity index (χ1n) is 10.4. The first-order chi connectivity index (χ1) is 15.5. The van der Waals surface area contributed by atoms with E-state index >= 15 is 0 Å². The van der Waals surface area contributed by atoms with Gasteiger partial charge in [0.2, 0.25) is 5.91 Å². The van der Waals surface area contributed by atoms with Crippen molar-refractivity contribution >= 4 is 34.2 Å². The Morgan fingerprint density at radius 1 is 1.09 bits per heavy atom. The zero-order valence-electron chi connectivity index (χ0n) is 17.5. The number of carbonyl (C=O) groups is 1. The second kappa shape index (κ2) is 8.28. The topological polar surface area (TPSA) is 47.4 Å². The fourth-order valence-electron chi connectivity index (χ4n) is 4.31. The molecule has 4 aromatic rings. The maximum Gasteiger partial charge on any atom is 0.227 e. The van der Waals surface area contributed by atoms with E-state index in [2.05, 4.69) is 0 Å². The van der Waals surface area contributed by atoms with Crippen molar-refractivity contribution < 1.29 is 13.9 Å². The molecule has 1 saturated heterocycles. The standard InChI is InChI=1S/C25H21ClFN3O2/c1-32-18-11-9-17(10-12-18)29-14-16(13-24(29)31)25-28-22-7-2-3-8-23(22)30(25)15-19-20(26)5-4-6-21(19)27/h2-12,16H,13-15H2,1H3/t16-/m0/s1. The molecule has 0 aliphatic carbocycles. The van der Waals surface area contributed by atoms with Gasteiger partial charge in [0.05, 0.1) is 24.7 Å². The summed E-state index contributed by atoms with van der Waals surface area (Å²) < 4.78 is 21.8. The molecular formula is C25H21ClFN3O2. The number of carbonyl (C=O) groups excluding carboxylic acids is 1. The molecule has 1 aliphatic heterocycles. The highest BCUT2D eigenvalue weighted by Gasteiger charge is 2.35. The van der Waals surface area contributed by atoms with Crippen LogP contribution in [-0.2, 0) is 11.3 Å². The summed E-state index contributed by atoms with van der Waals surface area (Å²) in [5, 5.41) is 0.371. The predicted octanol–water partition coefficient (Wildman–Crippen LogP) is 5.41. The molecule has 2 heterocycles. The number of para-hydroxylation sites is 2. The van der Waals surface area contributed by atoms with Crippen LogP contribution in [0.4, 0.5) is 10.1 Å². The number of methoxy groups -OCH3 is 1. The molecule has 162 valence electrons. The molecule has 1 amide bonds. The summed E-state index contributed by atoms with van der Waals surface area (Å²) in [5.41, 5.74) is 2.93. The number of hydrogen-bond donors (Lipinski definition) is 0. The third-order valence-electron chi connectivity index (χ3n) is 5.94. The Bertz CT molecular complexity index is 1280. The third kappa shape index (κ3) is 3.60. The average molecular weight is 450 g/mol. The maximum absolute atomic E-state index is 14.6. The molecule has 5 nitrogen and oxygen atoms in total. The van der Waals surface area contributed by atoms with E-state index in [1.165, 1.54) is 6.07 Å². The Kier molecular flexibility index (Phi) is 5.31. The number of benzene rings is 3. The van der Waals surface area contributed by atoms with Gasteiger partial charge >= 0.3 is 0 Å². The molecule has 0 saturated carbocycles. The van der Waals surface area contributed by atoms with E-state index in [0.29, 0.717) is 23.6 Å². The van der Waals surface area contributed by atoms with Gasteiger partial charge in [-0.05, 0) is 48.5 Å². The number of hydrogen-bond acceptors (Lipinski definition) is 3. The molecule has 0 radical (unpaired) electrons. The second-order valence-electron chi connectivity index (χ2n) is 7.85. The number of imidazole rings is 1. The van der Waals surface area contributed by atoms with Crippen molar-refractivity contribution in [3.05, 3.63) is 89.0 Å². The average Bonchev–Trinajstić information content (AvgIpc) is 3.37. The van der Waals surface area contributed by atoms with E-state index < -0.39 is 0 Å². The van der Waals surface area contributed by atoms with Crippen molar-refractivity contribution in [2.45, 2.75) is 18.9 Å². The van der Waals surface area contributed by atoms with Gasteiger partial charge in [-0.15, -0.1) is 0 Å². The Morgan fingerprint density at radius 2 is 1.88 bits per heavy atom. The highest BCUT2D eigenvalue weighted by Crippen LogP contribution is 2.34. The first kappa shape index (κ1) is 20.5. The van der Waals surface area contributed by atoms with Gasteiger partial charge in [-0.3, -0.25) is 4.79 Å². The monoisotopic (exact) mass is 449 g/mol. The van der Waals surface area contributed by atoms with Crippen LogP contribution in [-0.4, -0.2) is 29.1 Å². The van der Waals surface area contributed by atoms with Crippen molar-refractivity contribution in [1.82, 2.24) is 9.55 Å². The molecule has 1 atom stereocenters. The van der Waals surface area contributed by atoms with Gasteiger partial charge < -0.3 is 14.2 Å². The maximum atomic E-state index is 14.6. The number of amides is 1. The SMILES string of the molecule is COc1ccc(N2C[C@@H](c3nc4ccccc4n3Cc3c(F)cccc3Cl)CC2=O)cc1. The zero-order valence-corrected chi connectivity index (χ0v) is 18.2. The summed E-state index contributed by atoms with van der Waals surface area (Å²) in [7, 11) is 1.61. The number of aromatic nitrogens is 2. The number of ether oxygens (including phenoxy) is 1. The number of rotatable bonds is 5. The van der Waals surface area contributed by atoms with Gasteiger partial charge in [-0.25, -0.2) is 9.37 Å². The molecule has 3 aromatic carbocycles. The molecular weight excluding hydrogens is 429 g/mol. The van der Waals surface area contributed by atoms with Gasteiger partial charge in [0.1, 0.15) is 17.4 Å². The van der Waals surface area contributed by atoms with Crippen molar-refractivity contribution in [3.63, 3.8) is 0 Å². The van der Waals surface area contributed by atoms with E-state index in [9.17, 15) is 9.18 Å². The lowest BCUT2D eigenvalue weighted by molar-refractivity contribution is -0.117. The minimum absolute atomic E-state index is 0.0303. The second-order valence-corrected chi connectivity index (χ2v) is 8.26. The predicted molar refractivity (Wildman–Crippen MR) is 123 cm³/mol. The zero-order chi connectivity index (χ0) is 22.2. The van der Waals surface area contributed by atoms with Crippen LogP contribution in [0.1, 0.15) is 23.7 Å². The summed E-state index contributed by atoms with van der Waals surface area (Å²) in [4.78, 5) is 19.5. The Morgan fingerprint density at radius 3 is 2.62 bits per heavy atom. The molecule has 32 heavy (non-hydrogen) atoms. The number of halogens is 2. The fraction of sp³-hybridized carbons (Fsp3) is 0.200. The number of anilines is 1. The molecule has 1 fully saturated rings. The smallest absolute Gasteiger partial charge is 0.227 e. The van der Waals surface area contributed by atoms with Crippen LogP contribution in [0.15, 0.2) is 66.7 Å². The van der Waals surface area contributed by atoms with Crippen LogP contribution < -0.4 is 9.64 Å². The van der Waals surface area contributed by atoms with Crippen molar-refractivity contribution in [2.24, 2.45) is 0 Å². The molecule has 0 unspecified atom stereocenters. The summed E-state index contributed by atoms with van der Waals surface area (Å²) in [5.74, 6) is 1.05. The van der Waals surface area contributed by atoms with E-state index in [1.807, 2.05) is 53.1 Å². The summed E-state index contributed by atoms with van der Waals surface area (Å²) in [6.45, 7) is 0.744. The number of nitrogens with zero attached hydrogens (tertiary/aromatic N) is 3. The lowest BCUT2D eigenvalue weighted by Crippen LogP contribution is -2.24. The molecule has 1 aliphatic rings. The minimum atomic E-state index is -0.358. The molecule has 0 bridgehead atoms. The minimum Gasteiger partial charge on any atom is -0.497 e. The van der Waals surface area contributed by atoms with E-state index in [1.54, 1.807) is 24.1 Å². The molecule has 7 heteroatoms. The third-order valence-corrected chi connectivity index (χ3v) is 6.29. The molecule has 1 aromatic heterocycles. The number of fused-ring (bicyclic) bond motifs is 1. The quantitative estimate of drug-likeness (QED) is 0.409. The largest absolute Gasteiger partial charge is 0.497 e. The Balaban J connectivity index is 1.53.